The van der Waals surface area contributed by atoms with Crippen LogP contribution in [-0.2, 0) is 16.2 Å². The van der Waals surface area contributed by atoms with Gasteiger partial charge in [-0.3, -0.25) is 30.5 Å². The van der Waals surface area contributed by atoms with Crippen LogP contribution in [0, 0.1) is 5.92 Å². The third-order valence-corrected chi connectivity index (χ3v) is 6.29. The number of hydrogen-bond donors (Lipinski definition) is 3. The molecule has 0 aliphatic heterocycles. The lowest BCUT2D eigenvalue weighted by Gasteiger charge is -2.26. The second kappa shape index (κ2) is 13.0. The van der Waals surface area contributed by atoms with Gasteiger partial charge in [0.15, 0.2) is 0 Å². The third kappa shape index (κ3) is 6.80. The molecule has 0 radical (unpaired) electrons. The molecule has 10 nitrogen and oxygen atoms in total. The summed E-state index contributed by atoms with van der Waals surface area (Å²) in [5.74, 6) is -0.651. The highest BCUT2D eigenvalue weighted by molar-refractivity contribution is 7.81. The molecule has 0 aromatic heterocycles. The molecule has 3 N–H and O–H groups in total. The van der Waals surface area contributed by atoms with Crippen LogP contribution < -0.4 is 25.1 Å². The van der Waals surface area contributed by atoms with Gasteiger partial charge in [-0.15, -0.1) is 0 Å². The van der Waals surface area contributed by atoms with Crippen molar-refractivity contribution < 1.29 is 28.9 Å². The summed E-state index contributed by atoms with van der Waals surface area (Å²) in [5, 5.41) is 12.3. The third-order valence-electron chi connectivity index (χ3n) is 5.31. The molecule has 0 saturated heterocycles. The molecule has 0 heterocycles. The molecule has 2 aromatic carbocycles. The number of thiocarbonyl (C=S) groups is 2. The van der Waals surface area contributed by atoms with Gasteiger partial charge in [-0.2, -0.15) is 0 Å². The van der Waals surface area contributed by atoms with Crippen molar-refractivity contribution in [1.29, 1.82) is 0 Å². The SMILES string of the molecule is COc1ccc(CO)c(C(=S)N(C)NC(=O)C(C)C(=O)NN(C)C(=S)c2cc(OC)ccc2OC)c1. The van der Waals surface area contributed by atoms with Gasteiger partial charge in [0, 0.05) is 19.7 Å². The first-order chi connectivity index (χ1) is 17.1. The second-order valence-corrected chi connectivity index (χ2v) is 8.42. The van der Waals surface area contributed by atoms with Crippen molar-refractivity contribution >= 4 is 46.2 Å². The fourth-order valence-corrected chi connectivity index (χ4v) is 3.55. The van der Waals surface area contributed by atoms with E-state index in [9.17, 15) is 14.7 Å². The topological polar surface area (TPSA) is 113 Å². The summed E-state index contributed by atoms with van der Waals surface area (Å²) in [6.07, 6.45) is 0. The molecule has 2 amide bonds. The number of aliphatic hydroxyl groups is 1. The summed E-state index contributed by atoms with van der Waals surface area (Å²) in [6.45, 7) is 1.21. The van der Waals surface area contributed by atoms with Gasteiger partial charge in [-0.1, -0.05) is 30.5 Å². The summed E-state index contributed by atoms with van der Waals surface area (Å²) >= 11 is 11.0. The Morgan fingerprint density at radius 2 is 1.33 bits per heavy atom. The first-order valence-electron chi connectivity index (χ1n) is 10.7. The van der Waals surface area contributed by atoms with E-state index >= 15 is 0 Å². The minimum absolute atomic E-state index is 0.238. The minimum Gasteiger partial charge on any atom is -0.497 e. The second-order valence-electron chi connectivity index (χ2n) is 7.65. The van der Waals surface area contributed by atoms with Gasteiger partial charge in [0.1, 0.15) is 33.1 Å². The van der Waals surface area contributed by atoms with E-state index in [-0.39, 0.29) is 16.6 Å². The number of carbonyl (C=O) groups is 2. The molecule has 194 valence electrons. The zero-order valence-electron chi connectivity index (χ0n) is 20.9. The van der Waals surface area contributed by atoms with Crippen LogP contribution in [-0.4, -0.2) is 72.3 Å². The number of hydrazine groups is 2. The molecule has 0 aliphatic carbocycles. The lowest BCUT2D eigenvalue weighted by molar-refractivity contribution is -0.137. The average molecular weight is 535 g/mol. The van der Waals surface area contributed by atoms with Gasteiger partial charge in [-0.25, -0.2) is 0 Å². The summed E-state index contributed by atoms with van der Waals surface area (Å²) in [6, 6.07) is 10.2. The summed E-state index contributed by atoms with van der Waals surface area (Å²) in [5.41, 5.74) is 6.83. The molecule has 36 heavy (non-hydrogen) atoms. The molecule has 0 spiro atoms. The van der Waals surface area contributed by atoms with Gasteiger partial charge in [0.2, 0.25) is 0 Å². The van der Waals surface area contributed by atoms with E-state index in [0.717, 1.165) is 0 Å². The lowest BCUT2D eigenvalue weighted by Crippen LogP contribution is -2.51. The van der Waals surface area contributed by atoms with E-state index in [2.05, 4.69) is 10.9 Å². The number of aliphatic hydroxyl groups excluding tert-OH is 1. The molecule has 2 aromatic rings. The molecular formula is C24H30N4O6S2. The Hall–Kier alpha value is -3.48. The van der Waals surface area contributed by atoms with E-state index < -0.39 is 17.7 Å². The number of methoxy groups -OCH3 is 3. The van der Waals surface area contributed by atoms with E-state index in [0.29, 0.717) is 33.9 Å². The van der Waals surface area contributed by atoms with Crippen LogP contribution in [0.3, 0.4) is 0 Å². The monoisotopic (exact) mass is 534 g/mol. The number of benzene rings is 2. The molecule has 1 atom stereocenters. The highest BCUT2D eigenvalue weighted by Crippen LogP contribution is 2.25. The van der Waals surface area contributed by atoms with Crippen molar-refractivity contribution in [2.24, 2.45) is 5.92 Å². The largest absolute Gasteiger partial charge is 0.497 e. The van der Waals surface area contributed by atoms with Crippen molar-refractivity contribution in [3.63, 3.8) is 0 Å². The molecular weight excluding hydrogens is 504 g/mol. The van der Waals surface area contributed by atoms with Crippen molar-refractivity contribution in [1.82, 2.24) is 20.9 Å². The molecule has 2 rings (SSSR count). The van der Waals surface area contributed by atoms with Gasteiger partial charge in [0.25, 0.3) is 11.8 Å². The Labute approximate surface area is 221 Å². The lowest BCUT2D eigenvalue weighted by atomic mass is 10.1. The predicted molar refractivity (Wildman–Crippen MR) is 143 cm³/mol. The van der Waals surface area contributed by atoms with Crippen molar-refractivity contribution in [2.45, 2.75) is 13.5 Å². The Kier molecular flexibility index (Phi) is 10.4. The Morgan fingerprint density at radius 3 is 1.81 bits per heavy atom. The normalized spacial score (nSPS) is 11.1. The number of nitrogens with zero attached hydrogens (tertiary/aromatic N) is 2. The maximum absolute atomic E-state index is 12.8. The summed E-state index contributed by atoms with van der Waals surface area (Å²) in [7, 11) is 7.66. The molecule has 0 saturated carbocycles. The zero-order valence-corrected chi connectivity index (χ0v) is 22.6. The highest BCUT2D eigenvalue weighted by atomic mass is 32.1. The fraction of sp³-hybridized carbons (Fsp3) is 0.333. The van der Waals surface area contributed by atoms with Gasteiger partial charge >= 0.3 is 0 Å². The minimum atomic E-state index is -1.09. The van der Waals surface area contributed by atoms with Crippen LogP contribution in [0.5, 0.6) is 17.2 Å². The van der Waals surface area contributed by atoms with E-state index in [4.69, 9.17) is 38.6 Å². The van der Waals surface area contributed by atoms with Crippen molar-refractivity contribution in [3.8, 4) is 17.2 Å². The number of rotatable bonds is 8. The number of ether oxygens (including phenoxy) is 3. The van der Waals surface area contributed by atoms with Crippen LogP contribution in [0.1, 0.15) is 23.6 Å². The van der Waals surface area contributed by atoms with Crippen LogP contribution >= 0.6 is 24.4 Å². The predicted octanol–water partition coefficient (Wildman–Crippen LogP) is 1.82. The van der Waals surface area contributed by atoms with Gasteiger partial charge in [-0.05, 0) is 42.8 Å². The number of nitrogens with one attached hydrogen (secondary N) is 2. The number of amides is 2. The zero-order chi connectivity index (χ0) is 27.0. The highest BCUT2D eigenvalue weighted by Gasteiger charge is 2.26. The van der Waals surface area contributed by atoms with Crippen molar-refractivity contribution in [3.05, 3.63) is 53.1 Å². The van der Waals surface area contributed by atoms with Crippen LogP contribution in [0.15, 0.2) is 36.4 Å². The maximum atomic E-state index is 12.8. The fourth-order valence-electron chi connectivity index (χ4n) is 3.11. The Morgan fingerprint density at radius 1 is 0.861 bits per heavy atom. The maximum Gasteiger partial charge on any atom is 0.250 e. The average Bonchev–Trinajstić information content (AvgIpc) is 2.90. The smallest absolute Gasteiger partial charge is 0.250 e. The van der Waals surface area contributed by atoms with E-state index in [1.54, 1.807) is 50.5 Å². The Bertz CT molecular complexity index is 1060. The summed E-state index contributed by atoms with van der Waals surface area (Å²) < 4.78 is 15.8. The van der Waals surface area contributed by atoms with E-state index in [1.165, 1.54) is 38.3 Å². The molecule has 0 aliphatic rings. The molecule has 12 heteroatoms. The van der Waals surface area contributed by atoms with Crippen molar-refractivity contribution in [2.75, 3.05) is 35.4 Å². The Balaban J connectivity index is 2.07. The molecule has 0 bridgehead atoms. The van der Waals surface area contributed by atoms with E-state index in [1.807, 2.05) is 0 Å². The first-order valence-corrected chi connectivity index (χ1v) is 11.6. The first kappa shape index (κ1) is 28.8. The van der Waals surface area contributed by atoms with Crippen LogP contribution in [0.4, 0.5) is 0 Å². The summed E-state index contributed by atoms with van der Waals surface area (Å²) in [4.78, 5) is 26.1. The standard InChI is InChI=1S/C24H30N4O6S2/c1-14(21(30)25-27(2)23(35)18-11-16(32-4)8-7-15(18)13-29)22(31)26-28(3)24(36)19-12-17(33-5)9-10-20(19)34-6/h7-12,14,29H,13H2,1-6H3,(H,25,30)(H,26,31). The van der Waals surface area contributed by atoms with Gasteiger partial charge in [0.05, 0.1) is 33.5 Å². The number of carbonyl (C=O) groups excluding carboxylic acids is 2. The number of hydrogen-bond acceptors (Lipinski definition) is 8. The van der Waals surface area contributed by atoms with Crippen LogP contribution in [0.25, 0.3) is 0 Å². The molecule has 0 fully saturated rings. The van der Waals surface area contributed by atoms with Gasteiger partial charge < -0.3 is 19.3 Å². The quantitative estimate of drug-likeness (QED) is 0.263. The van der Waals surface area contributed by atoms with Crippen LogP contribution in [0.2, 0.25) is 0 Å². The molecule has 1 unspecified atom stereocenters.